The molecule has 1 heterocycles. The Balaban J connectivity index is 2.81. The van der Waals surface area contributed by atoms with Crippen LogP contribution < -0.4 is 5.73 Å². The fraction of sp³-hybridized carbons (Fsp3) is 0.500. The van der Waals surface area contributed by atoms with Crippen molar-refractivity contribution in [1.29, 1.82) is 0 Å². The van der Waals surface area contributed by atoms with Crippen LogP contribution in [0, 0.1) is 0 Å². The lowest BCUT2D eigenvalue weighted by atomic mass is 10.2. The summed E-state index contributed by atoms with van der Waals surface area (Å²) in [5.74, 6) is -2.89. The van der Waals surface area contributed by atoms with Crippen molar-refractivity contribution in [1.82, 2.24) is 4.98 Å². The zero-order valence-electron chi connectivity index (χ0n) is 6.06. The molecule has 0 bridgehead atoms. The number of nitrogens with two attached hydrogens (primary N) is 1. The van der Waals surface area contributed by atoms with Gasteiger partial charge >= 0.3 is 0 Å². The summed E-state index contributed by atoms with van der Waals surface area (Å²) in [6.45, 7) is -0.0395. The maximum absolute atomic E-state index is 13.0. The lowest BCUT2D eigenvalue weighted by molar-refractivity contribution is -0.0146. The fourth-order valence-corrected chi connectivity index (χ4v) is 1.79. The summed E-state index contributed by atoms with van der Waals surface area (Å²) in [6, 6.07) is 0. The molecule has 0 fully saturated rings. The number of alkyl halides is 2. The summed E-state index contributed by atoms with van der Waals surface area (Å²) in [5.41, 5.74) is 4.84. The van der Waals surface area contributed by atoms with Gasteiger partial charge < -0.3 is 5.73 Å². The second kappa shape index (κ2) is 3.76. The molecule has 0 spiro atoms. The molecule has 1 rings (SSSR count). The van der Waals surface area contributed by atoms with Crippen molar-refractivity contribution in [2.24, 2.45) is 5.73 Å². The van der Waals surface area contributed by atoms with Crippen molar-refractivity contribution >= 4 is 27.3 Å². The Hall–Kier alpha value is -0.0700. The molecule has 0 saturated carbocycles. The normalized spacial score (nSPS) is 12.0. The Morgan fingerprint density at radius 1 is 1.67 bits per heavy atom. The van der Waals surface area contributed by atoms with Gasteiger partial charge in [-0.15, -0.1) is 11.3 Å². The number of halogens is 3. The summed E-state index contributed by atoms with van der Waals surface area (Å²) >= 11 is 4.16. The van der Waals surface area contributed by atoms with Crippen LogP contribution in [0.1, 0.15) is 12.1 Å². The highest BCUT2D eigenvalue weighted by Crippen LogP contribution is 2.32. The predicted molar refractivity (Wildman–Crippen MR) is 47.4 cm³/mol. The Morgan fingerprint density at radius 2 is 2.33 bits per heavy atom. The number of nitrogens with zero attached hydrogens (tertiary/aromatic N) is 1. The monoisotopic (exact) mass is 256 g/mol. The molecule has 2 nitrogen and oxygen atoms in total. The third-order valence-electron chi connectivity index (χ3n) is 1.31. The van der Waals surface area contributed by atoms with Gasteiger partial charge in [-0.3, -0.25) is 0 Å². The van der Waals surface area contributed by atoms with Crippen molar-refractivity contribution in [3.8, 4) is 0 Å². The van der Waals surface area contributed by atoms with Crippen molar-refractivity contribution in [3.05, 3.63) is 15.0 Å². The van der Waals surface area contributed by atoms with E-state index in [4.69, 9.17) is 5.73 Å². The average Bonchev–Trinajstić information content (AvgIpc) is 2.36. The van der Waals surface area contributed by atoms with E-state index in [0.717, 1.165) is 11.3 Å². The zero-order chi connectivity index (χ0) is 9.19. The van der Waals surface area contributed by atoms with Crippen LogP contribution in [-0.4, -0.2) is 11.5 Å². The van der Waals surface area contributed by atoms with Gasteiger partial charge in [-0.25, -0.2) is 4.98 Å². The second-order valence-electron chi connectivity index (χ2n) is 2.23. The Labute approximate surface area is 80.9 Å². The smallest absolute Gasteiger partial charge is 0.291 e. The van der Waals surface area contributed by atoms with E-state index in [-0.39, 0.29) is 18.7 Å². The number of thiazole rings is 1. The molecule has 0 aliphatic rings. The van der Waals surface area contributed by atoms with E-state index in [1.54, 1.807) is 0 Å². The molecule has 0 radical (unpaired) electrons. The Kier molecular flexibility index (Phi) is 3.14. The first-order chi connectivity index (χ1) is 5.56. The van der Waals surface area contributed by atoms with Crippen LogP contribution in [0.25, 0.3) is 0 Å². The van der Waals surface area contributed by atoms with E-state index < -0.39 is 5.92 Å². The number of hydrogen-bond acceptors (Lipinski definition) is 3. The molecule has 0 aliphatic heterocycles. The van der Waals surface area contributed by atoms with Crippen molar-refractivity contribution in [2.75, 3.05) is 6.54 Å². The molecule has 0 aromatic carbocycles. The molecule has 68 valence electrons. The molecule has 0 unspecified atom stereocenters. The van der Waals surface area contributed by atoms with Gasteiger partial charge in [0.25, 0.3) is 5.92 Å². The van der Waals surface area contributed by atoms with Crippen molar-refractivity contribution < 1.29 is 8.78 Å². The molecule has 12 heavy (non-hydrogen) atoms. The second-order valence-corrected chi connectivity index (χ2v) is 4.36. The molecule has 1 aromatic heterocycles. The lowest BCUT2D eigenvalue weighted by Crippen LogP contribution is -2.18. The van der Waals surface area contributed by atoms with Gasteiger partial charge in [0, 0.05) is 11.8 Å². The minimum absolute atomic E-state index is 0.0395. The van der Waals surface area contributed by atoms with E-state index >= 15 is 0 Å². The van der Waals surface area contributed by atoms with Crippen LogP contribution >= 0.6 is 27.3 Å². The largest absolute Gasteiger partial charge is 0.330 e. The molecular formula is C6H7BrF2N2S. The van der Waals surface area contributed by atoms with Crippen LogP contribution in [0.4, 0.5) is 8.78 Å². The van der Waals surface area contributed by atoms with Gasteiger partial charge in [-0.2, -0.15) is 8.78 Å². The molecule has 0 saturated heterocycles. The molecule has 1 aromatic rings. The van der Waals surface area contributed by atoms with Crippen LogP contribution in [0.15, 0.2) is 9.30 Å². The third kappa shape index (κ3) is 2.21. The van der Waals surface area contributed by atoms with Gasteiger partial charge in [0.05, 0.1) is 0 Å². The highest BCUT2D eigenvalue weighted by molar-refractivity contribution is 9.11. The Morgan fingerprint density at radius 3 is 2.75 bits per heavy atom. The Bertz CT molecular complexity index is 264. The van der Waals surface area contributed by atoms with E-state index in [1.165, 1.54) is 5.38 Å². The SMILES string of the molecule is NCCC(F)(F)c1csc(Br)n1. The van der Waals surface area contributed by atoms with Gasteiger partial charge in [-0.1, -0.05) is 0 Å². The minimum atomic E-state index is -2.89. The average molecular weight is 257 g/mol. The summed E-state index contributed by atoms with van der Waals surface area (Å²) in [4.78, 5) is 3.63. The number of rotatable bonds is 3. The first-order valence-electron chi connectivity index (χ1n) is 3.25. The van der Waals surface area contributed by atoms with E-state index in [9.17, 15) is 8.78 Å². The summed E-state index contributed by atoms with van der Waals surface area (Å²) < 4.78 is 26.5. The van der Waals surface area contributed by atoms with Crippen molar-refractivity contribution in [2.45, 2.75) is 12.3 Å². The molecule has 6 heteroatoms. The quantitative estimate of drug-likeness (QED) is 0.902. The highest BCUT2D eigenvalue weighted by atomic mass is 79.9. The fourth-order valence-electron chi connectivity index (χ4n) is 0.729. The highest BCUT2D eigenvalue weighted by Gasteiger charge is 2.33. The maximum Gasteiger partial charge on any atom is 0.291 e. The summed E-state index contributed by atoms with van der Waals surface area (Å²) in [7, 11) is 0. The lowest BCUT2D eigenvalue weighted by Gasteiger charge is -2.11. The topological polar surface area (TPSA) is 38.9 Å². The molecule has 0 amide bonds. The molecule has 2 N–H and O–H groups in total. The van der Waals surface area contributed by atoms with Crippen LogP contribution in [0.5, 0.6) is 0 Å². The molecular weight excluding hydrogens is 250 g/mol. The van der Waals surface area contributed by atoms with Gasteiger partial charge in [0.1, 0.15) is 5.69 Å². The van der Waals surface area contributed by atoms with Crippen LogP contribution in [0.3, 0.4) is 0 Å². The first-order valence-corrected chi connectivity index (χ1v) is 4.93. The minimum Gasteiger partial charge on any atom is -0.330 e. The number of hydrogen-bond donors (Lipinski definition) is 1. The third-order valence-corrected chi connectivity index (χ3v) is 2.67. The summed E-state index contributed by atoms with van der Waals surface area (Å²) in [6.07, 6.45) is -0.358. The first kappa shape index (κ1) is 10.0. The van der Waals surface area contributed by atoms with Crippen LogP contribution in [0.2, 0.25) is 0 Å². The molecule has 0 aliphatic carbocycles. The van der Waals surface area contributed by atoms with Gasteiger partial charge in [-0.05, 0) is 22.5 Å². The maximum atomic E-state index is 13.0. The molecule has 0 atom stereocenters. The van der Waals surface area contributed by atoms with E-state index in [1.807, 2.05) is 0 Å². The van der Waals surface area contributed by atoms with Crippen LogP contribution in [-0.2, 0) is 5.92 Å². The number of aromatic nitrogens is 1. The zero-order valence-corrected chi connectivity index (χ0v) is 8.46. The van der Waals surface area contributed by atoms with E-state index in [2.05, 4.69) is 20.9 Å². The standard InChI is InChI=1S/C6H7BrF2N2S/c7-5-11-4(3-12-5)6(8,9)1-2-10/h3H,1-2,10H2. The summed E-state index contributed by atoms with van der Waals surface area (Å²) in [5, 5.41) is 1.33. The predicted octanol–water partition coefficient (Wildman–Crippen LogP) is 2.35. The van der Waals surface area contributed by atoms with Crippen molar-refractivity contribution in [3.63, 3.8) is 0 Å². The van der Waals surface area contributed by atoms with E-state index in [0.29, 0.717) is 3.92 Å². The van der Waals surface area contributed by atoms with Gasteiger partial charge in [0.2, 0.25) is 0 Å². The van der Waals surface area contributed by atoms with Gasteiger partial charge in [0.15, 0.2) is 3.92 Å².